The van der Waals surface area contributed by atoms with Gasteiger partial charge in [0.15, 0.2) is 0 Å². The van der Waals surface area contributed by atoms with Crippen LogP contribution in [0.15, 0.2) is 51.7 Å². The van der Waals surface area contributed by atoms with Crippen molar-refractivity contribution in [3.05, 3.63) is 75.1 Å². The summed E-state index contributed by atoms with van der Waals surface area (Å²) < 4.78 is 5.31. The maximum Gasteiger partial charge on any atom is 0.336 e. The molecule has 0 radical (unpaired) electrons. The van der Waals surface area contributed by atoms with E-state index in [-0.39, 0.29) is 11.7 Å². The molecule has 2 aromatic carbocycles. The van der Waals surface area contributed by atoms with Crippen molar-refractivity contribution < 1.29 is 14.3 Å². The second-order valence-corrected chi connectivity index (χ2v) is 7.79. The topological polar surface area (TPSA) is 82.8 Å². The summed E-state index contributed by atoms with van der Waals surface area (Å²) in [5.41, 5.74) is 3.15. The summed E-state index contributed by atoms with van der Waals surface area (Å²) in [4.78, 5) is 26.2. The summed E-state index contributed by atoms with van der Waals surface area (Å²) in [7, 11) is 1.97. The molecule has 6 nitrogen and oxygen atoms in total. The van der Waals surface area contributed by atoms with Gasteiger partial charge in [0.2, 0.25) is 0 Å². The normalized spacial score (nSPS) is 13.8. The van der Waals surface area contributed by atoms with E-state index in [4.69, 9.17) is 4.42 Å². The molecule has 150 valence electrons. The Kier molecular flexibility index (Phi) is 5.11. The van der Waals surface area contributed by atoms with Crippen molar-refractivity contribution in [3.8, 4) is 5.75 Å². The largest absolute Gasteiger partial charge is 0.508 e. The van der Waals surface area contributed by atoms with E-state index in [1.807, 2.05) is 31.3 Å². The number of nitrogens with one attached hydrogen (secondary N) is 1. The first-order valence-corrected chi connectivity index (χ1v) is 9.74. The van der Waals surface area contributed by atoms with Gasteiger partial charge < -0.3 is 14.8 Å². The van der Waals surface area contributed by atoms with Gasteiger partial charge in [-0.15, -0.1) is 0 Å². The van der Waals surface area contributed by atoms with Crippen LogP contribution in [0.25, 0.3) is 11.0 Å². The Morgan fingerprint density at radius 3 is 2.59 bits per heavy atom. The molecule has 4 rings (SSSR count). The van der Waals surface area contributed by atoms with E-state index in [0.29, 0.717) is 35.8 Å². The maximum atomic E-state index is 12.1. The van der Waals surface area contributed by atoms with Crippen LogP contribution in [0.5, 0.6) is 5.75 Å². The van der Waals surface area contributed by atoms with Crippen molar-refractivity contribution in [2.24, 2.45) is 0 Å². The predicted molar refractivity (Wildman–Crippen MR) is 111 cm³/mol. The third-order valence-electron chi connectivity index (χ3n) is 5.24. The van der Waals surface area contributed by atoms with Crippen LogP contribution in [-0.4, -0.2) is 29.0 Å². The lowest BCUT2D eigenvalue weighted by atomic mass is 10.1. The number of hydrogen-bond acceptors (Lipinski definition) is 5. The minimum absolute atomic E-state index is 0.0199. The molecule has 29 heavy (non-hydrogen) atoms. The highest BCUT2D eigenvalue weighted by Gasteiger charge is 2.23. The summed E-state index contributed by atoms with van der Waals surface area (Å²) in [5.74, 6) is 0.0884. The summed E-state index contributed by atoms with van der Waals surface area (Å²) in [5, 5.41) is 13.7. The maximum absolute atomic E-state index is 12.1. The van der Waals surface area contributed by atoms with Gasteiger partial charge in [0.1, 0.15) is 11.3 Å². The number of nitrogens with zero attached hydrogens (tertiary/aromatic N) is 1. The number of phenols is 1. The Balaban J connectivity index is 1.48. The van der Waals surface area contributed by atoms with E-state index < -0.39 is 5.63 Å². The van der Waals surface area contributed by atoms with Crippen LogP contribution < -0.4 is 10.9 Å². The van der Waals surface area contributed by atoms with Gasteiger partial charge >= 0.3 is 5.63 Å². The van der Waals surface area contributed by atoms with Gasteiger partial charge in [0.25, 0.3) is 5.91 Å². The van der Waals surface area contributed by atoms with Gasteiger partial charge in [-0.25, -0.2) is 4.79 Å². The van der Waals surface area contributed by atoms with Crippen molar-refractivity contribution in [2.45, 2.75) is 38.9 Å². The quantitative estimate of drug-likeness (QED) is 0.629. The Morgan fingerprint density at radius 1 is 1.17 bits per heavy atom. The van der Waals surface area contributed by atoms with Crippen LogP contribution in [0.4, 0.5) is 0 Å². The smallest absolute Gasteiger partial charge is 0.336 e. The van der Waals surface area contributed by atoms with E-state index in [2.05, 4.69) is 10.2 Å². The zero-order valence-corrected chi connectivity index (χ0v) is 16.6. The zero-order valence-electron chi connectivity index (χ0n) is 16.6. The summed E-state index contributed by atoms with van der Waals surface area (Å²) in [6, 6.07) is 12.8. The molecular formula is C23H24N2O4. The van der Waals surface area contributed by atoms with E-state index in [9.17, 15) is 14.7 Å². The van der Waals surface area contributed by atoms with Crippen LogP contribution in [0.2, 0.25) is 0 Å². The van der Waals surface area contributed by atoms with E-state index in [1.54, 1.807) is 19.1 Å². The standard InChI is InChI=1S/C23H24N2O4/c1-14-20(26)10-9-19-17(11-21(27)29-22(14)19)13-25(2)12-15-3-5-16(6-4-15)23(28)24-18-7-8-18/h3-6,9-11,18,26H,7-8,12-13H2,1-2H3,(H,24,28). The summed E-state index contributed by atoms with van der Waals surface area (Å²) in [6.07, 6.45) is 2.14. The van der Waals surface area contributed by atoms with Crippen LogP contribution in [0.1, 0.15) is 39.9 Å². The van der Waals surface area contributed by atoms with Crippen molar-refractivity contribution in [1.29, 1.82) is 0 Å². The molecule has 1 saturated carbocycles. The lowest BCUT2D eigenvalue weighted by Gasteiger charge is -2.18. The number of rotatable bonds is 6. The molecule has 0 saturated heterocycles. The second-order valence-electron chi connectivity index (χ2n) is 7.79. The Hall–Kier alpha value is -3.12. The molecule has 1 aliphatic rings. The number of aryl methyl sites for hydroxylation is 1. The molecule has 1 aromatic heterocycles. The first kappa shape index (κ1) is 19.2. The van der Waals surface area contributed by atoms with Crippen molar-refractivity contribution in [2.75, 3.05) is 7.05 Å². The van der Waals surface area contributed by atoms with Crippen LogP contribution in [0, 0.1) is 6.92 Å². The molecule has 1 amide bonds. The molecule has 0 bridgehead atoms. The first-order valence-electron chi connectivity index (χ1n) is 9.74. The molecule has 0 atom stereocenters. The van der Waals surface area contributed by atoms with Crippen molar-refractivity contribution >= 4 is 16.9 Å². The third kappa shape index (κ3) is 4.32. The molecule has 6 heteroatoms. The second kappa shape index (κ2) is 7.72. The van der Waals surface area contributed by atoms with Crippen molar-refractivity contribution in [1.82, 2.24) is 10.2 Å². The molecule has 3 aromatic rings. The third-order valence-corrected chi connectivity index (χ3v) is 5.24. The number of aromatic hydroxyl groups is 1. The van der Waals surface area contributed by atoms with Gasteiger partial charge in [0.05, 0.1) is 0 Å². The van der Waals surface area contributed by atoms with Gasteiger partial charge in [-0.1, -0.05) is 12.1 Å². The average molecular weight is 392 g/mol. The SMILES string of the molecule is Cc1c(O)ccc2c(CN(C)Cc3ccc(C(=O)NC4CC4)cc3)cc(=O)oc12. The minimum atomic E-state index is -0.430. The molecular weight excluding hydrogens is 368 g/mol. The predicted octanol–water partition coefficient (Wildman–Crippen LogP) is 3.33. The van der Waals surface area contributed by atoms with Gasteiger partial charge in [-0.05, 0) is 62.2 Å². The molecule has 0 spiro atoms. The van der Waals surface area contributed by atoms with Crippen LogP contribution in [-0.2, 0) is 13.1 Å². The van der Waals surface area contributed by atoms with Crippen molar-refractivity contribution in [3.63, 3.8) is 0 Å². The summed E-state index contributed by atoms with van der Waals surface area (Å²) in [6.45, 7) is 2.95. The number of hydrogen-bond donors (Lipinski definition) is 2. The molecule has 2 N–H and O–H groups in total. The van der Waals surface area contributed by atoms with Gasteiger partial charge in [-0.2, -0.15) is 0 Å². The highest BCUT2D eigenvalue weighted by molar-refractivity contribution is 5.94. The fourth-order valence-corrected chi connectivity index (χ4v) is 3.46. The summed E-state index contributed by atoms with van der Waals surface area (Å²) >= 11 is 0. The first-order chi connectivity index (χ1) is 13.9. The Bertz CT molecular complexity index is 1110. The molecule has 0 aliphatic heterocycles. The van der Waals surface area contributed by atoms with E-state index in [0.717, 1.165) is 29.4 Å². The lowest BCUT2D eigenvalue weighted by molar-refractivity contribution is 0.0951. The van der Waals surface area contributed by atoms with Gasteiger partial charge in [0, 0.05) is 41.7 Å². The van der Waals surface area contributed by atoms with Gasteiger partial charge in [-0.3, -0.25) is 9.69 Å². The molecule has 1 heterocycles. The zero-order chi connectivity index (χ0) is 20.5. The fraction of sp³-hybridized carbons (Fsp3) is 0.304. The monoisotopic (exact) mass is 392 g/mol. The minimum Gasteiger partial charge on any atom is -0.508 e. The Labute approximate surface area is 168 Å². The van der Waals surface area contributed by atoms with Crippen LogP contribution in [0.3, 0.4) is 0 Å². The number of phenolic OH excluding ortho intramolecular Hbond substituents is 1. The number of amides is 1. The highest BCUT2D eigenvalue weighted by Crippen LogP contribution is 2.28. The number of carbonyl (C=O) groups excluding carboxylic acids is 1. The number of fused-ring (bicyclic) bond motifs is 1. The average Bonchev–Trinajstić information content (AvgIpc) is 3.49. The lowest BCUT2D eigenvalue weighted by Crippen LogP contribution is -2.25. The highest BCUT2D eigenvalue weighted by atomic mass is 16.4. The molecule has 0 unspecified atom stereocenters. The van der Waals surface area contributed by atoms with E-state index in [1.165, 1.54) is 6.07 Å². The number of carbonyl (C=O) groups is 1. The fourth-order valence-electron chi connectivity index (χ4n) is 3.46. The molecule has 1 fully saturated rings. The van der Waals surface area contributed by atoms with Crippen LogP contribution >= 0.6 is 0 Å². The van der Waals surface area contributed by atoms with E-state index >= 15 is 0 Å². The Morgan fingerprint density at radius 2 is 1.90 bits per heavy atom. The molecule has 1 aliphatic carbocycles. The number of benzene rings is 2.